The molecule has 2 heterocycles. The van der Waals surface area contributed by atoms with Crippen molar-refractivity contribution in [2.24, 2.45) is 0 Å². The molecule has 0 unspecified atom stereocenters. The summed E-state index contributed by atoms with van der Waals surface area (Å²) in [6.07, 6.45) is 1.03. The third-order valence-electron chi connectivity index (χ3n) is 4.17. The van der Waals surface area contributed by atoms with Crippen LogP contribution < -0.4 is 5.32 Å². The quantitative estimate of drug-likeness (QED) is 0.873. The average Bonchev–Trinajstić information content (AvgIpc) is 2.94. The van der Waals surface area contributed by atoms with E-state index in [1.165, 1.54) is 11.3 Å². The lowest BCUT2D eigenvalue weighted by Crippen LogP contribution is -2.48. The molecule has 1 aromatic rings. The van der Waals surface area contributed by atoms with Crippen molar-refractivity contribution in [2.45, 2.75) is 13.3 Å². The van der Waals surface area contributed by atoms with Crippen molar-refractivity contribution in [1.29, 1.82) is 0 Å². The first-order valence-electron chi connectivity index (χ1n) is 7.16. The lowest BCUT2D eigenvalue weighted by Gasteiger charge is -2.34. The second-order valence-electron chi connectivity index (χ2n) is 5.28. The third-order valence-corrected chi connectivity index (χ3v) is 4.17. The Morgan fingerprint density at radius 3 is 2.79 bits per heavy atom. The predicted molar refractivity (Wildman–Crippen MR) is 76.7 cm³/mol. The number of amides is 1. The Morgan fingerprint density at radius 2 is 2.05 bits per heavy atom. The molecule has 1 N–H and O–H groups in total. The number of nitrogens with one attached hydrogen (secondary N) is 1. The molecule has 0 aromatic heterocycles. The molecule has 0 aliphatic carbocycles. The zero-order valence-electron chi connectivity index (χ0n) is 11.5. The highest BCUT2D eigenvalue weighted by atomic mass is 16.2. The van der Waals surface area contributed by atoms with E-state index < -0.39 is 0 Å². The molecule has 2 aliphatic rings. The van der Waals surface area contributed by atoms with Crippen molar-refractivity contribution >= 4 is 11.6 Å². The van der Waals surface area contributed by atoms with Crippen LogP contribution in [0.4, 0.5) is 5.69 Å². The lowest BCUT2D eigenvalue weighted by atomic mass is 10.1. The summed E-state index contributed by atoms with van der Waals surface area (Å²) in [6.45, 7) is 7.92. The zero-order chi connectivity index (χ0) is 13.2. The summed E-state index contributed by atoms with van der Waals surface area (Å²) >= 11 is 0. The lowest BCUT2D eigenvalue weighted by molar-refractivity contribution is 0.0643. The predicted octanol–water partition coefficient (Wildman–Crippen LogP) is 1.43. The SMILES string of the molecule is CCN1CCN(C(=O)c2ccc3c(c2)CCN3)CC1. The average molecular weight is 259 g/mol. The summed E-state index contributed by atoms with van der Waals surface area (Å²) in [7, 11) is 0. The molecule has 0 spiro atoms. The topological polar surface area (TPSA) is 35.6 Å². The van der Waals surface area contributed by atoms with Crippen molar-refractivity contribution in [3.8, 4) is 0 Å². The number of hydrogen-bond donors (Lipinski definition) is 1. The number of rotatable bonds is 2. The molecule has 4 nitrogen and oxygen atoms in total. The Bertz CT molecular complexity index is 478. The van der Waals surface area contributed by atoms with Crippen LogP contribution in [0.5, 0.6) is 0 Å². The minimum Gasteiger partial charge on any atom is -0.384 e. The number of benzene rings is 1. The van der Waals surface area contributed by atoms with Crippen molar-refractivity contribution in [3.05, 3.63) is 29.3 Å². The molecule has 0 bridgehead atoms. The fourth-order valence-electron chi connectivity index (χ4n) is 2.89. The summed E-state index contributed by atoms with van der Waals surface area (Å²) in [6, 6.07) is 6.05. The van der Waals surface area contributed by atoms with E-state index in [-0.39, 0.29) is 5.91 Å². The highest BCUT2D eigenvalue weighted by Crippen LogP contribution is 2.23. The second-order valence-corrected chi connectivity index (χ2v) is 5.28. The molecule has 1 fully saturated rings. The largest absolute Gasteiger partial charge is 0.384 e. The number of carbonyl (C=O) groups is 1. The Labute approximate surface area is 114 Å². The van der Waals surface area contributed by atoms with Gasteiger partial charge in [-0.2, -0.15) is 0 Å². The van der Waals surface area contributed by atoms with Gasteiger partial charge < -0.3 is 15.1 Å². The Morgan fingerprint density at radius 1 is 1.26 bits per heavy atom. The van der Waals surface area contributed by atoms with Gasteiger partial charge in [0.2, 0.25) is 0 Å². The number of fused-ring (bicyclic) bond motifs is 1. The van der Waals surface area contributed by atoms with Crippen LogP contribution in [0.25, 0.3) is 0 Å². The van der Waals surface area contributed by atoms with Crippen LogP contribution in [-0.2, 0) is 6.42 Å². The molecule has 19 heavy (non-hydrogen) atoms. The highest BCUT2D eigenvalue weighted by molar-refractivity contribution is 5.95. The summed E-state index contributed by atoms with van der Waals surface area (Å²) in [4.78, 5) is 16.8. The van der Waals surface area contributed by atoms with Crippen LogP contribution in [0, 0.1) is 0 Å². The maximum atomic E-state index is 12.5. The number of likely N-dealkylation sites (N-methyl/N-ethyl adjacent to an activating group) is 1. The van der Waals surface area contributed by atoms with E-state index in [0.717, 1.165) is 51.3 Å². The van der Waals surface area contributed by atoms with Crippen molar-refractivity contribution in [1.82, 2.24) is 9.80 Å². The van der Waals surface area contributed by atoms with Gasteiger partial charge in [0.05, 0.1) is 0 Å². The van der Waals surface area contributed by atoms with Gasteiger partial charge in [0.1, 0.15) is 0 Å². The van der Waals surface area contributed by atoms with E-state index in [1.54, 1.807) is 0 Å². The van der Waals surface area contributed by atoms with E-state index in [2.05, 4.69) is 23.2 Å². The monoisotopic (exact) mass is 259 g/mol. The maximum absolute atomic E-state index is 12.5. The van der Waals surface area contributed by atoms with Gasteiger partial charge in [-0.25, -0.2) is 0 Å². The highest BCUT2D eigenvalue weighted by Gasteiger charge is 2.22. The van der Waals surface area contributed by atoms with Gasteiger partial charge in [-0.05, 0) is 36.7 Å². The molecule has 1 aromatic carbocycles. The third kappa shape index (κ3) is 2.45. The smallest absolute Gasteiger partial charge is 0.253 e. The van der Waals surface area contributed by atoms with Gasteiger partial charge in [0.25, 0.3) is 5.91 Å². The summed E-state index contributed by atoms with van der Waals surface area (Å²) < 4.78 is 0. The minimum absolute atomic E-state index is 0.186. The number of carbonyl (C=O) groups excluding carboxylic acids is 1. The molecule has 1 saturated heterocycles. The minimum atomic E-state index is 0.186. The molecule has 0 saturated carbocycles. The van der Waals surface area contributed by atoms with Crippen molar-refractivity contribution < 1.29 is 4.79 Å². The first kappa shape index (κ1) is 12.5. The summed E-state index contributed by atoms with van der Waals surface area (Å²) in [5, 5.41) is 3.33. The maximum Gasteiger partial charge on any atom is 0.253 e. The number of anilines is 1. The molecule has 2 aliphatic heterocycles. The van der Waals surface area contributed by atoms with Gasteiger partial charge in [-0.3, -0.25) is 4.79 Å². The van der Waals surface area contributed by atoms with E-state index in [4.69, 9.17) is 0 Å². The van der Waals surface area contributed by atoms with Crippen molar-refractivity contribution in [2.75, 3.05) is 44.6 Å². The summed E-state index contributed by atoms with van der Waals surface area (Å²) in [5.41, 5.74) is 3.30. The van der Waals surface area contributed by atoms with E-state index in [1.807, 2.05) is 17.0 Å². The Kier molecular flexibility index (Phi) is 3.42. The second kappa shape index (κ2) is 5.21. The van der Waals surface area contributed by atoms with Crippen LogP contribution in [0.1, 0.15) is 22.8 Å². The van der Waals surface area contributed by atoms with Gasteiger partial charge >= 0.3 is 0 Å². The molecular formula is C15H21N3O. The molecular weight excluding hydrogens is 238 g/mol. The molecule has 0 atom stereocenters. The van der Waals surface area contributed by atoms with Gasteiger partial charge in [-0.1, -0.05) is 6.92 Å². The molecule has 3 rings (SSSR count). The van der Waals surface area contributed by atoms with Crippen LogP contribution >= 0.6 is 0 Å². The van der Waals surface area contributed by atoms with E-state index in [9.17, 15) is 4.79 Å². The van der Waals surface area contributed by atoms with E-state index in [0.29, 0.717) is 0 Å². The fourth-order valence-corrected chi connectivity index (χ4v) is 2.89. The fraction of sp³-hybridized carbons (Fsp3) is 0.533. The normalized spacial score (nSPS) is 19.1. The first-order chi connectivity index (χ1) is 9.28. The van der Waals surface area contributed by atoms with Gasteiger partial charge in [-0.15, -0.1) is 0 Å². The zero-order valence-corrected chi connectivity index (χ0v) is 11.5. The number of piperazine rings is 1. The summed E-state index contributed by atoms with van der Waals surface area (Å²) in [5.74, 6) is 0.186. The van der Waals surface area contributed by atoms with Crippen LogP contribution in [0.2, 0.25) is 0 Å². The Hall–Kier alpha value is -1.55. The Balaban J connectivity index is 1.70. The number of hydrogen-bond acceptors (Lipinski definition) is 3. The van der Waals surface area contributed by atoms with Crippen LogP contribution in [-0.4, -0.2) is 55.0 Å². The number of nitrogens with zero attached hydrogens (tertiary/aromatic N) is 2. The van der Waals surface area contributed by atoms with Crippen LogP contribution in [0.15, 0.2) is 18.2 Å². The molecule has 0 radical (unpaired) electrons. The molecule has 1 amide bonds. The van der Waals surface area contributed by atoms with Gasteiger partial charge in [0, 0.05) is 44.0 Å². The van der Waals surface area contributed by atoms with Crippen molar-refractivity contribution in [3.63, 3.8) is 0 Å². The van der Waals surface area contributed by atoms with Crippen LogP contribution in [0.3, 0.4) is 0 Å². The first-order valence-corrected chi connectivity index (χ1v) is 7.16. The molecule has 4 heteroatoms. The van der Waals surface area contributed by atoms with E-state index >= 15 is 0 Å². The standard InChI is InChI=1S/C15H21N3O/c1-2-17-7-9-18(10-8-17)15(19)13-3-4-14-12(11-13)5-6-16-14/h3-4,11,16H,2,5-10H2,1H3. The molecule has 102 valence electrons. The van der Waals surface area contributed by atoms with Gasteiger partial charge in [0.15, 0.2) is 0 Å².